The summed E-state index contributed by atoms with van der Waals surface area (Å²) in [6.07, 6.45) is 1.16. The summed E-state index contributed by atoms with van der Waals surface area (Å²) in [5, 5.41) is 5.90. The van der Waals surface area contributed by atoms with Crippen LogP contribution in [0.5, 0.6) is 0 Å². The molecule has 2 fully saturated rings. The lowest BCUT2D eigenvalue weighted by Crippen LogP contribution is -2.64. The molecule has 0 saturated carbocycles. The van der Waals surface area contributed by atoms with Crippen molar-refractivity contribution in [2.75, 3.05) is 13.1 Å². The van der Waals surface area contributed by atoms with Crippen LogP contribution in [0.1, 0.15) is 6.42 Å². The Morgan fingerprint density at radius 3 is 2.89 bits per heavy atom. The summed E-state index contributed by atoms with van der Waals surface area (Å²) >= 11 is 0. The van der Waals surface area contributed by atoms with Crippen molar-refractivity contribution in [3.63, 3.8) is 0 Å². The molecule has 3 nitrogen and oxygen atoms in total. The van der Waals surface area contributed by atoms with E-state index in [-0.39, 0.29) is 11.9 Å². The number of amides is 1. The van der Waals surface area contributed by atoms with Gasteiger partial charge in [0.15, 0.2) is 0 Å². The van der Waals surface area contributed by atoms with Gasteiger partial charge in [-0.15, -0.1) is 0 Å². The van der Waals surface area contributed by atoms with E-state index < -0.39 is 0 Å². The Kier molecular flexibility index (Phi) is 0.990. The smallest absolute Gasteiger partial charge is 0.237 e. The fraction of sp³-hybridized carbons (Fsp3) is 0.833. The summed E-state index contributed by atoms with van der Waals surface area (Å²) in [5.41, 5.74) is 0. The first-order chi connectivity index (χ1) is 4.38. The molecule has 2 saturated heterocycles. The first-order valence-electron chi connectivity index (χ1n) is 3.39. The summed E-state index contributed by atoms with van der Waals surface area (Å²) < 4.78 is 0. The van der Waals surface area contributed by atoms with Crippen molar-refractivity contribution in [2.24, 2.45) is 5.92 Å². The molecular formula is C6H10N2O. The first-order valence-corrected chi connectivity index (χ1v) is 3.39. The molecule has 2 unspecified atom stereocenters. The predicted molar refractivity (Wildman–Crippen MR) is 32.9 cm³/mol. The summed E-state index contributed by atoms with van der Waals surface area (Å²) in [4.78, 5) is 10.9. The van der Waals surface area contributed by atoms with Crippen LogP contribution in [0.3, 0.4) is 0 Å². The summed E-state index contributed by atoms with van der Waals surface area (Å²) in [6, 6.07) is 0.152. The lowest BCUT2D eigenvalue weighted by atomic mass is 9.85. The maximum Gasteiger partial charge on any atom is 0.237 e. The van der Waals surface area contributed by atoms with E-state index in [1.165, 1.54) is 0 Å². The van der Waals surface area contributed by atoms with Crippen molar-refractivity contribution < 1.29 is 4.79 Å². The zero-order chi connectivity index (χ0) is 6.27. The SMILES string of the molecule is O=C1NCCC2CNC12. The van der Waals surface area contributed by atoms with Crippen LogP contribution in [0.2, 0.25) is 0 Å². The Morgan fingerprint density at radius 1 is 1.56 bits per heavy atom. The molecule has 0 aromatic carbocycles. The van der Waals surface area contributed by atoms with Gasteiger partial charge in [0.25, 0.3) is 0 Å². The van der Waals surface area contributed by atoms with Gasteiger partial charge < -0.3 is 10.6 Å². The summed E-state index contributed by atoms with van der Waals surface area (Å²) in [7, 11) is 0. The number of carbonyl (C=O) groups excluding carboxylic acids is 1. The third-order valence-corrected chi connectivity index (χ3v) is 2.17. The van der Waals surface area contributed by atoms with Gasteiger partial charge in [0.05, 0.1) is 6.04 Å². The number of hydrogen-bond donors (Lipinski definition) is 2. The van der Waals surface area contributed by atoms with Gasteiger partial charge in [0, 0.05) is 13.1 Å². The first kappa shape index (κ1) is 5.23. The van der Waals surface area contributed by atoms with Crippen LogP contribution in [0.4, 0.5) is 0 Å². The molecule has 0 radical (unpaired) electrons. The van der Waals surface area contributed by atoms with Crippen molar-refractivity contribution in [3.05, 3.63) is 0 Å². The van der Waals surface area contributed by atoms with Crippen LogP contribution in [0.25, 0.3) is 0 Å². The van der Waals surface area contributed by atoms with Gasteiger partial charge in [-0.3, -0.25) is 4.79 Å². The number of carbonyl (C=O) groups is 1. The molecule has 2 atom stereocenters. The molecule has 0 aromatic rings. The minimum atomic E-state index is 0.152. The Morgan fingerprint density at radius 2 is 2.44 bits per heavy atom. The zero-order valence-electron chi connectivity index (χ0n) is 5.18. The van der Waals surface area contributed by atoms with Crippen molar-refractivity contribution in [1.29, 1.82) is 0 Å². The normalized spacial score (nSPS) is 40.7. The second kappa shape index (κ2) is 1.70. The van der Waals surface area contributed by atoms with E-state index >= 15 is 0 Å². The van der Waals surface area contributed by atoms with Gasteiger partial charge in [-0.25, -0.2) is 0 Å². The van der Waals surface area contributed by atoms with Crippen LogP contribution in [-0.2, 0) is 4.79 Å². The van der Waals surface area contributed by atoms with E-state index in [2.05, 4.69) is 10.6 Å². The third kappa shape index (κ3) is 0.645. The molecule has 2 aliphatic heterocycles. The quantitative estimate of drug-likeness (QED) is 0.441. The fourth-order valence-corrected chi connectivity index (χ4v) is 1.47. The lowest BCUT2D eigenvalue weighted by Gasteiger charge is -2.40. The Bertz CT molecular complexity index is 146. The molecular weight excluding hydrogens is 116 g/mol. The molecule has 9 heavy (non-hydrogen) atoms. The number of fused-ring (bicyclic) bond motifs is 1. The van der Waals surface area contributed by atoms with Gasteiger partial charge >= 0.3 is 0 Å². The maximum atomic E-state index is 10.9. The molecule has 2 aliphatic rings. The van der Waals surface area contributed by atoms with Crippen LogP contribution >= 0.6 is 0 Å². The van der Waals surface area contributed by atoms with Crippen molar-refractivity contribution in [2.45, 2.75) is 12.5 Å². The highest BCUT2D eigenvalue weighted by molar-refractivity contribution is 5.83. The number of piperidine rings is 1. The van der Waals surface area contributed by atoms with Crippen molar-refractivity contribution in [1.82, 2.24) is 10.6 Å². The van der Waals surface area contributed by atoms with E-state index in [1.54, 1.807) is 0 Å². The number of nitrogens with one attached hydrogen (secondary N) is 2. The predicted octanol–water partition coefficient (Wildman–Crippen LogP) is -0.906. The number of hydrogen-bond acceptors (Lipinski definition) is 2. The maximum absolute atomic E-state index is 10.9. The van der Waals surface area contributed by atoms with Crippen molar-refractivity contribution in [3.8, 4) is 0 Å². The van der Waals surface area contributed by atoms with E-state index in [0.29, 0.717) is 5.92 Å². The minimum absolute atomic E-state index is 0.152. The fourth-order valence-electron chi connectivity index (χ4n) is 1.47. The Labute approximate surface area is 53.8 Å². The molecule has 2 rings (SSSR count). The van der Waals surface area contributed by atoms with Gasteiger partial charge in [-0.05, 0) is 12.3 Å². The second-order valence-corrected chi connectivity index (χ2v) is 2.73. The Balaban J connectivity index is 2.06. The average molecular weight is 126 g/mol. The van der Waals surface area contributed by atoms with Crippen molar-refractivity contribution >= 4 is 5.91 Å². The summed E-state index contributed by atoms with van der Waals surface area (Å²) in [6.45, 7) is 1.92. The highest BCUT2D eigenvalue weighted by Gasteiger charge is 2.38. The molecule has 1 amide bonds. The molecule has 0 aliphatic carbocycles. The Hall–Kier alpha value is -0.570. The topological polar surface area (TPSA) is 41.1 Å². The molecule has 3 heteroatoms. The molecule has 50 valence electrons. The zero-order valence-corrected chi connectivity index (χ0v) is 5.18. The second-order valence-electron chi connectivity index (χ2n) is 2.73. The average Bonchev–Trinajstić information content (AvgIpc) is 1.74. The molecule has 2 N–H and O–H groups in total. The van der Waals surface area contributed by atoms with Crippen LogP contribution < -0.4 is 10.6 Å². The summed E-state index contributed by atoms with van der Waals surface area (Å²) in [5.74, 6) is 0.830. The largest absolute Gasteiger partial charge is 0.355 e. The minimum Gasteiger partial charge on any atom is -0.355 e. The van der Waals surface area contributed by atoms with Gasteiger partial charge in [0.2, 0.25) is 5.91 Å². The highest BCUT2D eigenvalue weighted by atomic mass is 16.2. The van der Waals surface area contributed by atoms with Gasteiger partial charge in [-0.1, -0.05) is 0 Å². The van der Waals surface area contributed by atoms with Gasteiger partial charge in [0.1, 0.15) is 0 Å². The highest BCUT2D eigenvalue weighted by Crippen LogP contribution is 2.19. The van der Waals surface area contributed by atoms with E-state index in [1.807, 2.05) is 0 Å². The van der Waals surface area contributed by atoms with E-state index in [4.69, 9.17) is 0 Å². The van der Waals surface area contributed by atoms with Crippen LogP contribution in [-0.4, -0.2) is 25.0 Å². The standard InChI is InChI=1S/C6H10N2O/c9-6-5-4(3-8-5)1-2-7-6/h4-5,8H,1-3H2,(H,7,9). The van der Waals surface area contributed by atoms with Crippen LogP contribution in [0.15, 0.2) is 0 Å². The third-order valence-electron chi connectivity index (χ3n) is 2.17. The molecule has 0 aromatic heterocycles. The van der Waals surface area contributed by atoms with E-state index in [9.17, 15) is 4.79 Å². The molecule has 2 heterocycles. The van der Waals surface area contributed by atoms with Gasteiger partial charge in [-0.2, -0.15) is 0 Å². The lowest BCUT2D eigenvalue weighted by molar-refractivity contribution is -0.129. The molecule has 0 spiro atoms. The number of rotatable bonds is 0. The monoisotopic (exact) mass is 126 g/mol. The molecule has 0 bridgehead atoms. The van der Waals surface area contributed by atoms with E-state index in [0.717, 1.165) is 19.5 Å². The van der Waals surface area contributed by atoms with Crippen LogP contribution in [0, 0.1) is 5.92 Å².